The van der Waals surface area contributed by atoms with Gasteiger partial charge in [0.15, 0.2) is 0 Å². The molecule has 0 aliphatic rings. The van der Waals surface area contributed by atoms with Crippen molar-refractivity contribution < 1.29 is 18.7 Å². The molecule has 0 spiro atoms. The Morgan fingerprint density at radius 2 is 1.78 bits per heavy atom. The number of carbonyl (C=O) groups is 2. The molecule has 23 heavy (non-hydrogen) atoms. The summed E-state index contributed by atoms with van der Waals surface area (Å²) in [5.74, 6) is -0.507. The standard InChI is InChI=1S/C18H26FNO3/c1-3-5-6-17(21)20(14-12-18(22)23-4-2)13-11-15-7-9-16(19)10-8-15/h7-10H,3-6,11-14H2,1-2H3. The second-order valence-corrected chi connectivity index (χ2v) is 5.42. The van der Waals surface area contributed by atoms with Gasteiger partial charge in [-0.15, -0.1) is 0 Å². The lowest BCUT2D eigenvalue weighted by atomic mass is 10.1. The van der Waals surface area contributed by atoms with Crippen LogP contribution in [0.25, 0.3) is 0 Å². The van der Waals surface area contributed by atoms with E-state index in [1.807, 2.05) is 6.92 Å². The molecule has 1 aromatic carbocycles. The fourth-order valence-corrected chi connectivity index (χ4v) is 2.22. The number of esters is 1. The van der Waals surface area contributed by atoms with E-state index in [4.69, 9.17) is 4.74 Å². The summed E-state index contributed by atoms with van der Waals surface area (Å²) in [6, 6.07) is 6.26. The first-order valence-corrected chi connectivity index (χ1v) is 8.24. The van der Waals surface area contributed by atoms with E-state index in [0.717, 1.165) is 18.4 Å². The average Bonchev–Trinajstić information content (AvgIpc) is 2.54. The molecule has 1 rings (SSSR count). The molecule has 4 nitrogen and oxygen atoms in total. The molecule has 0 unspecified atom stereocenters. The number of amides is 1. The van der Waals surface area contributed by atoms with E-state index >= 15 is 0 Å². The Hall–Kier alpha value is -1.91. The van der Waals surface area contributed by atoms with Crippen molar-refractivity contribution in [3.05, 3.63) is 35.6 Å². The number of unbranched alkanes of at least 4 members (excludes halogenated alkanes) is 1. The highest BCUT2D eigenvalue weighted by Crippen LogP contribution is 2.08. The zero-order valence-corrected chi connectivity index (χ0v) is 14.0. The number of halogens is 1. The van der Waals surface area contributed by atoms with Crippen LogP contribution in [0.15, 0.2) is 24.3 Å². The van der Waals surface area contributed by atoms with E-state index in [1.165, 1.54) is 12.1 Å². The summed E-state index contributed by atoms with van der Waals surface area (Å²) in [7, 11) is 0. The predicted molar refractivity (Wildman–Crippen MR) is 87.5 cm³/mol. The summed E-state index contributed by atoms with van der Waals surface area (Å²) in [4.78, 5) is 25.5. The van der Waals surface area contributed by atoms with Crippen molar-refractivity contribution in [2.45, 2.75) is 46.0 Å². The maximum Gasteiger partial charge on any atom is 0.307 e. The molecule has 0 saturated heterocycles. The van der Waals surface area contributed by atoms with Crippen molar-refractivity contribution in [3.8, 4) is 0 Å². The molecule has 0 bridgehead atoms. The number of hydrogen-bond acceptors (Lipinski definition) is 3. The van der Waals surface area contributed by atoms with Crippen LogP contribution in [0.4, 0.5) is 4.39 Å². The number of carbonyl (C=O) groups excluding carboxylic acids is 2. The van der Waals surface area contributed by atoms with Gasteiger partial charge in [0.2, 0.25) is 5.91 Å². The summed E-state index contributed by atoms with van der Waals surface area (Å²) in [6.45, 7) is 5.03. The third kappa shape index (κ3) is 7.77. The topological polar surface area (TPSA) is 46.6 Å². The first-order valence-electron chi connectivity index (χ1n) is 8.24. The van der Waals surface area contributed by atoms with Gasteiger partial charge in [-0.05, 0) is 37.5 Å². The van der Waals surface area contributed by atoms with Gasteiger partial charge in [-0.2, -0.15) is 0 Å². The Kier molecular flexibility index (Phi) is 8.95. The summed E-state index contributed by atoms with van der Waals surface area (Å²) in [6.07, 6.45) is 3.12. The Morgan fingerprint density at radius 1 is 1.09 bits per heavy atom. The first kappa shape index (κ1) is 19.1. The normalized spacial score (nSPS) is 10.4. The number of nitrogens with zero attached hydrogens (tertiary/aromatic N) is 1. The van der Waals surface area contributed by atoms with Crippen LogP contribution in [0, 0.1) is 5.82 Å². The van der Waals surface area contributed by atoms with Gasteiger partial charge in [-0.1, -0.05) is 25.5 Å². The average molecular weight is 323 g/mol. The lowest BCUT2D eigenvalue weighted by Crippen LogP contribution is -2.34. The van der Waals surface area contributed by atoms with Crippen LogP contribution in [0.2, 0.25) is 0 Å². The van der Waals surface area contributed by atoms with Crippen LogP contribution < -0.4 is 0 Å². The highest BCUT2D eigenvalue weighted by Gasteiger charge is 2.15. The van der Waals surface area contributed by atoms with E-state index in [-0.39, 0.29) is 24.1 Å². The van der Waals surface area contributed by atoms with Crippen LogP contribution in [0.1, 0.15) is 45.1 Å². The Bertz CT molecular complexity index is 488. The molecule has 0 aliphatic carbocycles. The van der Waals surface area contributed by atoms with Crippen LogP contribution in [0.5, 0.6) is 0 Å². The molecule has 5 heteroatoms. The predicted octanol–water partition coefficient (Wildman–Crippen LogP) is 3.34. The van der Waals surface area contributed by atoms with Gasteiger partial charge in [0.25, 0.3) is 0 Å². The minimum Gasteiger partial charge on any atom is -0.466 e. The lowest BCUT2D eigenvalue weighted by molar-refractivity contribution is -0.144. The van der Waals surface area contributed by atoms with Crippen molar-refractivity contribution in [1.82, 2.24) is 4.90 Å². The van der Waals surface area contributed by atoms with Crippen molar-refractivity contribution in [2.75, 3.05) is 19.7 Å². The van der Waals surface area contributed by atoms with Gasteiger partial charge in [0.1, 0.15) is 5.82 Å². The van der Waals surface area contributed by atoms with Gasteiger partial charge >= 0.3 is 5.97 Å². The molecule has 1 amide bonds. The molecule has 0 N–H and O–H groups in total. The molecule has 0 heterocycles. The molecule has 1 aromatic rings. The number of rotatable bonds is 10. The Balaban J connectivity index is 2.56. The minimum atomic E-state index is -0.289. The van der Waals surface area contributed by atoms with E-state index in [2.05, 4.69) is 0 Å². The van der Waals surface area contributed by atoms with Gasteiger partial charge in [-0.25, -0.2) is 4.39 Å². The maximum absolute atomic E-state index is 12.9. The Morgan fingerprint density at radius 3 is 2.39 bits per heavy atom. The molecular weight excluding hydrogens is 297 g/mol. The highest BCUT2D eigenvalue weighted by atomic mass is 19.1. The van der Waals surface area contributed by atoms with Crippen LogP contribution >= 0.6 is 0 Å². The third-order valence-electron chi connectivity index (χ3n) is 3.57. The Labute approximate surface area is 137 Å². The lowest BCUT2D eigenvalue weighted by Gasteiger charge is -2.22. The van der Waals surface area contributed by atoms with Crippen LogP contribution in [-0.2, 0) is 20.7 Å². The first-order chi connectivity index (χ1) is 11.1. The minimum absolute atomic E-state index is 0.0539. The number of hydrogen-bond donors (Lipinski definition) is 0. The SMILES string of the molecule is CCCCC(=O)N(CCC(=O)OCC)CCc1ccc(F)cc1. The largest absolute Gasteiger partial charge is 0.466 e. The van der Waals surface area contributed by atoms with Gasteiger partial charge in [-0.3, -0.25) is 9.59 Å². The monoisotopic (exact) mass is 323 g/mol. The molecule has 0 aliphatic heterocycles. The maximum atomic E-state index is 12.9. The summed E-state index contributed by atoms with van der Waals surface area (Å²) in [5, 5.41) is 0. The molecule has 0 fully saturated rings. The smallest absolute Gasteiger partial charge is 0.307 e. The van der Waals surface area contributed by atoms with E-state index in [0.29, 0.717) is 32.5 Å². The van der Waals surface area contributed by atoms with E-state index in [9.17, 15) is 14.0 Å². The fraction of sp³-hybridized carbons (Fsp3) is 0.556. The van der Waals surface area contributed by atoms with E-state index in [1.54, 1.807) is 24.0 Å². The van der Waals surface area contributed by atoms with Crippen molar-refractivity contribution in [2.24, 2.45) is 0 Å². The van der Waals surface area contributed by atoms with Crippen molar-refractivity contribution in [1.29, 1.82) is 0 Å². The van der Waals surface area contributed by atoms with Crippen molar-refractivity contribution in [3.63, 3.8) is 0 Å². The zero-order chi connectivity index (χ0) is 17.1. The summed E-state index contributed by atoms with van der Waals surface area (Å²) in [5.41, 5.74) is 0.968. The van der Waals surface area contributed by atoms with Crippen molar-refractivity contribution >= 4 is 11.9 Å². The molecule has 0 radical (unpaired) electrons. The molecule has 0 saturated carbocycles. The number of ether oxygens (including phenoxy) is 1. The molecule has 0 aromatic heterocycles. The molecular formula is C18H26FNO3. The molecule has 128 valence electrons. The van der Waals surface area contributed by atoms with Crippen LogP contribution in [-0.4, -0.2) is 36.5 Å². The second-order valence-electron chi connectivity index (χ2n) is 5.42. The van der Waals surface area contributed by atoms with Gasteiger partial charge < -0.3 is 9.64 Å². The summed E-state index contributed by atoms with van der Waals surface area (Å²) >= 11 is 0. The van der Waals surface area contributed by atoms with Crippen LogP contribution in [0.3, 0.4) is 0 Å². The summed E-state index contributed by atoms with van der Waals surface area (Å²) < 4.78 is 17.8. The highest BCUT2D eigenvalue weighted by molar-refractivity contribution is 5.77. The molecule has 0 atom stereocenters. The van der Waals surface area contributed by atoms with Gasteiger partial charge in [0, 0.05) is 19.5 Å². The van der Waals surface area contributed by atoms with E-state index < -0.39 is 0 Å². The third-order valence-corrected chi connectivity index (χ3v) is 3.57. The fourth-order valence-electron chi connectivity index (χ4n) is 2.22. The zero-order valence-electron chi connectivity index (χ0n) is 14.0. The quantitative estimate of drug-likeness (QED) is 0.620. The second kappa shape index (κ2) is 10.8. The number of benzene rings is 1. The van der Waals surface area contributed by atoms with Gasteiger partial charge in [0.05, 0.1) is 13.0 Å².